The van der Waals surface area contributed by atoms with Gasteiger partial charge >= 0.3 is 11.7 Å². The van der Waals surface area contributed by atoms with Gasteiger partial charge < -0.3 is 20.0 Å². The summed E-state index contributed by atoms with van der Waals surface area (Å²) in [6, 6.07) is 20.4. The predicted octanol–water partition coefficient (Wildman–Crippen LogP) is 2.91. The second-order valence-electron chi connectivity index (χ2n) is 5.48. The Morgan fingerprint density at radius 3 is 2.26 bits per heavy atom. The van der Waals surface area contributed by atoms with Crippen LogP contribution in [0.4, 0.5) is 5.69 Å². The van der Waals surface area contributed by atoms with Gasteiger partial charge in [-0.2, -0.15) is 4.73 Å². The van der Waals surface area contributed by atoms with Gasteiger partial charge in [0.1, 0.15) is 11.5 Å². The average Bonchev–Trinajstić information content (AvgIpc) is 2.69. The van der Waals surface area contributed by atoms with Crippen LogP contribution in [0.2, 0.25) is 0 Å². The Balaban J connectivity index is 1.50. The summed E-state index contributed by atoms with van der Waals surface area (Å²) in [6.45, 7) is -0.504. The number of pyridine rings is 1. The summed E-state index contributed by atoms with van der Waals surface area (Å²) in [4.78, 5) is 23.7. The number of anilines is 1. The molecule has 27 heavy (non-hydrogen) atoms. The molecule has 0 aliphatic rings. The SMILES string of the molecule is O=C(COC(=O)c1cccc[n+]1[O-])Nc1ccc(Oc2ccccc2)cc1. The Morgan fingerprint density at radius 1 is 0.889 bits per heavy atom. The van der Waals surface area contributed by atoms with E-state index in [4.69, 9.17) is 9.47 Å². The lowest BCUT2D eigenvalue weighted by molar-refractivity contribution is -0.608. The first-order valence-corrected chi connectivity index (χ1v) is 8.10. The van der Waals surface area contributed by atoms with Gasteiger partial charge in [0, 0.05) is 17.8 Å². The summed E-state index contributed by atoms with van der Waals surface area (Å²) >= 11 is 0. The van der Waals surface area contributed by atoms with E-state index in [1.54, 1.807) is 24.3 Å². The molecule has 1 N–H and O–H groups in total. The molecule has 3 aromatic rings. The summed E-state index contributed by atoms with van der Waals surface area (Å²) in [5.41, 5.74) is 0.336. The molecule has 1 heterocycles. The summed E-state index contributed by atoms with van der Waals surface area (Å²) in [7, 11) is 0. The summed E-state index contributed by atoms with van der Waals surface area (Å²) in [5.74, 6) is -0.0618. The summed E-state index contributed by atoms with van der Waals surface area (Å²) < 4.78 is 10.9. The van der Waals surface area contributed by atoms with E-state index in [1.165, 1.54) is 24.4 Å². The number of esters is 1. The van der Waals surface area contributed by atoms with Crippen LogP contribution >= 0.6 is 0 Å². The van der Waals surface area contributed by atoms with E-state index in [2.05, 4.69) is 5.32 Å². The number of carbonyl (C=O) groups is 2. The van der Waals surface area contributed by atoms with E-state index in [9.17, 15) is 14.8 Å². The Kier molecular flexibility index (Phi) is 5.64. The van der Waals surface area contributed by atoms with Crippen molar-refractivity contribution in [2.75, 3.05) is 11.9 Å². The number of benzene rings is 2. The van der Waals surface area contributed by atoms with Crippen LogP contribution in [0.5, 0.6) is 11.5 Å². The lowest BCUT2D eigenvalue weighted by Crippen LogP contribution is -2.35. The minimum absolute atomic E-state index is 0.187. The number of rotatable bonds is 6. The molecule has 7 nitrogen and oxygen atoms in total. The number of aromatic nitrogens is 1. The lowest BCUT2D eigenvalue weighted by Gasteiger charge is -2.08. The standard InChI is InChI=1S/C20H16N2O5/c23-19(14-26-20(24)18-8-4-5-13-22(18)25)21-15-9-11-17(12-10-15)27-16-6-2-1-3-7-16/h1-13H,14H2,(H,21,23). The fourth-order valence-electron chi connectivity index (χ4n) is 2.22. The average molecular weight is 364 g/mol. The van der Waals surface area contributed by atoms with Crippen molar-refractivity contribution < 1.29 is 23.8 Å². The first-order chi connectivity index (χ1) is 13.1. The van der Waals surface area contributed by atoms with Crippen LogP contribution in [0, 0.1) is 5.21 Å². The summed E-state index contributed by atoms with van der Waals surface area (Å²) in [6.07, 6.45) is 1.18. The fraction of sp³-hybridized carbons (Fsp3) is 0.0500. The van der Waals surface area contributed by atoms with E-state index < -0.39 is 18.5 Å². The molecule has 0 unspecified atom stereocenters. The first-order valence-electron chi connectivity index (χ1n) is 8.10. The maximum atomic E-state index is 11.9. The number of nitrogens with zero attached hydrogens (tertiary/aromatic N) is 1. The normalized spacial score (nSPS) is 10.1. The van der Waals surface area contributed by atoms with Gasteiger partial charge in [0.05, 0.1) is 0 Å². The molecule has 0 bridgehead atoms. The quantitative estimate of drug-likeness (QED) is 0.412. The lowest BCUT2D eigenvalue weighted by atomic mass is 10.3. The molecule has 2 aromatic carbocycles. The maximum absolute atomic E-state index is 11.9. The molecule has 0 saturated heterocycles. The van der Waals surface area contributed by atoms with Crippen LogP contribution < -0.4 is 14.8 Å². The van der Waals surface area contributed by atoms with Gasteiger partial charge in [-0.15, -0.1) is 0 Å². The number of amides is 1. The molecule has 1 aromatic heterocycles. The highest BCUT2D eigenvalue weighted by molar-refractivity contribution is 5.94. The molecule has 136 valence electrons. The second-order valence-corrected chi connectivity index (χ2v) is 5.48. The van der Waals surface area contributed by atoms with E-state index in [1.807, 2.05) is 30.3 Å². The fourth-order valence-corrected chi connectivity index (χ4v) is 2.22. The summed E-state index contributed by atoms with van der Waals surface area (Å²) in [5, 5.41) is 14.1. The number of ether oxygens (including phenoxy) is 2. The van der Waals surface area contributed by atoms with Crippen LogP contribution in [0.3, 0.4) is 0 Å². The zero-order valence-electron chi connectivity index (χ0n) is 14.2. The van der Waals surface area contributed by atoms with Crippen molar-refractivity contribution in [3.05, 3.63) is 89.9 Å². The Labute approximate surface area is 155 Å². The molecular formula is C20H16N2O5. The third kappa shape index (κ3) is 5.05. The highest BCUT2D eigenvalue weighted by Crippen LogP contribution is 2.22. The monoisotopic (exact) mass is 364 g/mol. The van der Waals surface area contributed by atoms with Crippen LogP contribution in [0.15, 0.2) is 79.0 Å². The van der Waals surface area contributed by atoms with Crippen molar-refractivity contribution in [3.8, 4) is 11.5 Å². The predicted molar refractivity (Wildman–Crippen MR) is 97.3 cm³/mol. The third-order valence-electron chi connectivity index (χ3n) is 3.48. The molecule has 0 aliphatic heterocycles. The van der Waals surface area contributed by atoms with Crippen molar-refractivity contribution in [1.82, 2.24) is 0 Å². The molecular weight excluding hydrogens is 348 g/mol. The zero-order valence-corrected chi connectivity index (χ0v) is 14.2. The third-order valence-corrected chi connectivity index (χ3v) is 3.48. The number of carbonyl (C=O) groups excluding carboxylic acids is 2. The minimum Gasteiger partial charge on any atom is -0.618 e. The Bertz CT molecular complexity index is 927. The smallest absolute Gasteiger partial charge is 0.405 e. The molecule has 0 spiro atoms. The minimum atomic E-state index is -0.868. The molecule has 0 fully saturated rings. The van der Waals surface area contributed by atoms with Gasteiger partial charge in [-0.05, 0) is 42.5 Å². The van der Waals surface area contributed by atoms with Crippen LogP contribution in [0.1, 0.15) is 10.5 Å². The van der Waals surface area contributed by atoms with Crippen molar-refractivity contribution in [1.29, 1.82) is 0 Å². The first kappa shape index (κ1) is 17.9. The van der Waals surface area contributed by atoms with Gasteiger partial charge in [0.15, 0.2) is 12.8 Å². The van der Waals surface area contributed by atoms with E-state index in [0.29, 0.717) is 21.9 Å². The van der Waals surface area contributed by atoms with Crippen LogP contribution in [0.25, 0.3) is 0 Å². The second kappa shape index (κ2) is 8.48. The molecule has 0 atom stereocenters. The van der Waals surface area contributed by atoms with Gasteiger partial charge in [-0.3, -0.25) is 4.79 Å². The van der Waals surface area contributed by atoms with E-state index in [-0.39, 0.29) is 5.69 Å². The molecule has 0 aliphatic carbocycles. The van der Waals surface area contributed by atoms with Crippen LogP contribution in [-0.2, 0) is 9.53 Å². The van der Waals surface area contributed by atoms with E-state index >= 15 is 0 Å². The number of nitrogens with one attached hydrogen (secondary N) is 1. The maximum Gasteiger partial charge on any atom is 0.405 e. The van der Waals surface area contributed by atoms with Gasteiger partial charge in [-0.1, -0.05) is 18.2 Å². The number of hydrogen-bond acceptors (Lipinski definition) is 5. The molecule has 7 heteroatoms. The zero-order chi connectivity index (χ0) is 19.1. The largest absolute Gasteiger partial charge is 0.618 e. The Morgan fingerprint density at radius 2 is 1.56 bits per heavy atom. The van der Waals surface area contributed by atoms with E-state index in [0.717, 1.165) is 0 Å². The van der Waals surface area contributed by atoms with Gasteiger partial charge in [0.2, 0.25) is 0 Å². The van der Waals surface area contributed by atoms with Crippen molar-refractivity contribution in [2.45, 2.75) is 0 Å². The van der Waals surface area contributed by atoms with Crippen LogP contribution in [-0.4, -0.2) is 18.5 Å². The number of para-hydroxylation sites is 1. The topological polar surface area (TPSA) is 91.6 Å². The van der Waals surface area contributed by atoms with Gasteiger partial charge in [-0.25, -0.2) is 4.79 Å². The molecule has 0 radical (unpaired) electrons. The molecule has 1 amide bonds. The molecule has 0 saturated carbocycles. The highest BCUT2D eigenvalue weighted by atomic mass is 16.5. The Hall–Kier alpha value is -3.87. The van der Waals surface area contributed by atoms with Crippen molar-refractivity contribution in [3.63, 3.8) is 0 Å². The number of hydrogen-bond donors (Lipinski definition) is 1. The molecule has 3 rings (SSSR count). The van der Waals surface area contributed by atoms with Crippen molar-refractivity contribution in [2.24, 2.45) is 0 Å². The van der Waals surface area contributed by atoms with Gasteiger partial charge in [0.25, 0.3) is 5.91 Å². The van der Waals surface area contributed by atoms with Crippen molar-refractivity contribution >= 4 is 17.6 Å². The highest BCUT2D eigenvalue weighted by Gasteiger charge is 2.18.